The minimum atomic E-state index is -0.195. The molecule has 28 heavy (non-hydrogen) atoms. The highest BCUT2D eigenvalue weighted by molar-refractivity contribution is 7.20. The van der Waals surface area contributed by atoms with E-state index in [0.717, 1.165) is 32.6 Å². The Balaban J connectivity index is 1.45. The summed E-state index contributed by atoms with van der Waals surface area (Å²) in [7, 11) is 1.41. The van der Waals surface area contributed by atoms with Crippen LogP contribution in [0.3, 0.4) is 0 Å². The van der Waals surface area contributed by atoms with Gasteiger partial charge in [0.1, 0.15) is 0 Å². The van der Waals surface area contributed by atoms with Crippen LogP contribution in [-0.2, 0) is 16.0 Å². The maximum atomic E-state index is 11.5. The molecule has 142 valence electrons. The molecule has 0 aliphatic carbocycles. The Labute approximate surface area is 166 Å². The molecule has 7 nitrogen and oxygen atoms in total. The fraction of sp³-hybridized carbons (Fsp3) is 0.200. The van der Waals surface area contributed by atoms with Gasteiger partial charge >= 0.3 is 5.97 Å². The highest BCUT2D eigenvalue weighted by Crippen LogP contribution is 2.26. The van der Waals surface area contributed by atoms with Gasteiger partial charge in [0.2, 0.25) is 10.1 Å². The topological polar surface area (TPSA) is 81.4 Å². The van der Waals surface area contributed by atoms with Crippen LogP contribution in [0.5, 0.6) is 0 Å². The van der Waals surface area contributed by atoms with E-state index in [0.29, 0.717) is 6.42 Å². The third kappa shape index (κ3) is 3.86. The van der Waals surface area contributed by atoms with Gasteiger partial charge in [0.25, 0.3) is 0 Å². The number of ether oxygens (including phenoxy) is 1. The summed E-state index contributed by atoms with van der Waals surface area (Å²) in [6.45, 7) is 1.86. The number of nitrogens with one attached hydrogen (secondary N) is 1. The van der Waals surface area contributed by atoms with E-state index in [1.165, 1.54) is 18.4 Å². The largest absolute Gasteiger partial charge is 0.469 e. The first-order valence-corrected chi connectivity index (χ1v) is 9.64. The maximum Gasteiger partial charge on any atom is 0.308 e. The number of benzene rings is 1. The van der Waals surface area contributed by atoms with Crippen LogP contribution in [0, 0.1) is 5.92 Å². The van der Waals surface area contributed by atoms with Gasteiger partial charge in [0, 0.05) is 23.6 Å². The zero-order valence-corrected chi connectivity index (χ0v) is 16.3. The second-order valence-corrected chi connectivity index (χ2v) is 7.41. The molecule has 1 aromatic carbocycles. The average molecular weight is 393 g/mol. The van der Waals surface area contributed by atoms with Crippen LogP contribution in [0.1, 0.15) is 12.5 Å². The lowest BCUT2D eigenvalue weighted by Crippen LogP contribution is -2.15. The van der Waals surface area contributed by atoms with Crippen molar-refractivity contribution in [2.24, 2.45) is 5.92 Å². The Morgan fingerprint density at radius 3 is 2.79 bits per heavy atom. The highest BCUT2D eigenvalue weighted by atomic mass is 32.1. The van der Waals surface area contributed by atoms with E-state index in [4.69, 9.17) is 4.74 Å². The predicted molar refractivity (Wildman–Crippen MR) is 109 cm³/mol. The molecule has 0 fully saturated rings. The van der Waals surface area contributed by atoms with Gasteiger partial charge in [-0.25, -0.2) is 9.50 Å². The molecule has 0 radical (unpaired) electrons. The lowest BCUT2D eigenvalue weighted by atomic mass is 10.0. The number of hydrogen-bond donors (Lipinski definition) is 1. The number of pyridine rings is 1. The summed E-state index contributed by atoms with van der Waals surface area (Å²) in [4.78, 5) is 21.1. The number of imidazole rings is 1. The Morgan fingerprint density at radius 2 is 2.11 bits per heavy atom. The number of carbonyl (C=O) groups excluding carboxylic acids is 1. The number of hydrogen-bond acceptors (Lipinski definition) is 7. The summed E-state index contributed by atoms with van der Waals surface area (Å²) in [5.41, 5.74) is 3.83. The molecule has 4 aromatic rings. The summed E-state index contributed by atoms with van der Waals surface area (Å²) in [5.74, 6) is -0.358. The van der Waals surface area contributed by atoms with Crippen LogP contribution in [0.4, 0.5) is 10.8 Å². The molecule has 0 bridgehead atoms. The number of fused-ring (bicyclic) bond motifs is 1. The Hall–Kier alpha value is -3.26. The number of methoxy groups -OCH3 is 1. The fourth-order valence-electron chi connectivity index (χ4n) is 2.89. The molecule has 4 rings (SSSR count). The molecular formula is C20H19N5O2S. The Bertz CT molecular complexity index is 1060. The molecule has 0 saturated heterocycles. The number of rotatable bonds is 6. The van der Waals surface area contributed by atoms with Crippen molar-refractivity contribution in [1.82, 2.24) is 19.6 Å². The Kier molecular flexibility index (Phi) is 5.03. The standard InChI is InChI=1S/C20H19N5O2S/c1-13(18(26)27-2)10-14-5-7-16(8-6-14)22-19-24-25-12-17(23-20(25)28-19)15-4-3-9-21-11-15/h3-9,11-13H,10H2,1-2H3,(H,22,24). The molecule has 0 aliphatic heterocycles. The molecule has 0 amide bonds. The first-order chi connectivity index (χ1) is 13.6. The minimum absolute atomic E-state index is 0.162. The van der Waals surface area contributed by atoms with Crippen molar-refractivity contribution in [1.29, 1.82) is 0 Å². The number of nitrogens with zero attached hydrogens (tertiary/aromatic N) is 4. The van der Waals surface area contributed by atoms with Gasteiger partial charge in [-0.1, -0.05) is 30.4 Å². The smallest absolute Gasteiger partial charge is 0.308 e. The van der Waals surface area contributed by atoms with Crippen molar-refractivity contribution >= 4 is 33.1 Å². The van der Waals surface area contributed by atoms with Gasteiger partial charge < -0.3 is 10.1 Å². The molecular weight excluding hydrogens is 374 g/mol. The van der Waals surface area contributed by atoms with Gasteiger partial charge in [0.15, 0.2) is 0 Å². The second-order valence-electron chi connectivity index (χ2n) is 6.45. The normalized spacial score (nSPS) is 12.1. The van der Waals surface area contributed by atoms with E-state index in [1.807, 2.05) is 49.5 Å². The summed E-state index contributed by atoms with van der Waals surface area (Å²) in [6.07, 6.45) is 6.07. The zero-order valence-electron chi connectivity index (χ0n) is 15.5. The molecule has 8 heteroatoms. The fourth-order valence-corrected chi connectivity index (χ4v) is 3.69. The number of aromatic nitrogens is 4. The molecule has 1 atom stereocenters. The van der Waals surface area contributed by atoms with Crippen LogP contribution in [0.15, 0.2) is 55.0 Å². The summed E-state index contributed by atoms with van der Waals surface area (Å²) >= 11 is 1.48. The third-order valence-corrected chi connectivity index (χ3v) is 5.19. The van der Waals surface area contributed by atoms with Crippen molar-refractivity contribution in [2.75, 3.05) is 12.4 Å². The molecule has 0 spiro atoms. The molecule has 0 aliphatic rings. The van der Waals surface area contributed by atoms with Crippen molar-refractivity contribution in [3.8, 4) is 11.3 Å². The first kappa shape index (κ1) is 18.1. The predicted octanol–water partition coefficient (Wildman–Crippen LogP) is 3.95. The van der Waals surface area contributed by atoms with E-state index in [-0.39, 0.29) is 11.9 Å². The van der Waals surface area contributed by atoms with Gasteiger partial charge in [-0.15, -0.1) is 5.10 Å². The molecule has 1 unspecified atom stereocenters. The van der Waals surface area contributed by atoms with Crippen molar-refractivity contribution in [2.45, 2.75) is 13.3 Å². The third-order valence-electron chi connectivity index (χ3n) is 4.35. The SMILES string of the molecule is COC(=O)C(C)Cc1ccc(Nc2nn3cc(-c4cccnc4)nc3s2)cc1. The summed E-state index contributed by atoms with van der Waals surface area (Å²) in [6, 6.07) is 11.8. The van der Waals surface area contributed by atoms with Gasteiger partial charge in [-0.3, -0.25) is 9.78 Å². The molecule has 3 aromatic heterocycles. The number of carbonyl (C=O) groups is 1. The van der Waals surface area contributed by atoms with Crippen LogP contribution >= 0.6 is 11.3 Å². The average Bonchev–Trinajstić information content (AvgIpc) is 3.28. The Morgan fingerprint density at radius 1 is 1.29 bits per heavy atom. The van der Waals surface area contributed by atoms with Crippen LogP contribution in [0.25, 0.3) is 16.2 Å². The summed E-state index contributed by atoms with van der Waals surface area (Å²) in [5, 5.41) is 8.60. The van der Waals surface area contributed by atoms with Crippen molar-refractivity contribution < 1.29 is 9.53 Å². The van der Waals surface area contributed by atoms with Gasteiger partial charge in [-0.2, -0.15) is 0 Å². The lowest BCUT2D eigenvalue weighted by Gasteiger charge is -2.09. The van der Waals surface area contributed by atoms with Gasteiger partial charge in [-0.05, 0) is 36.2 Å². The van der Waals surface area contributed by atoms with E-state index >= 15 is 0 Å². The lowest BCUT2D eigenvalue weighted by molar-refractivity contribution is -0.144. The summed E-state index contributed by atoms with van der Waals surface area (Å²) < 4.78 is 6.54. The molecule has 1 N–H and O–H groups in total. The maximum absolute atomic E-state index is 11.5. The quantitative estimate of drug-likeness (QED) is 0.500. The zero-order chi connectivity index (χ0) is 19.5. The first-order valence-electron chi connectivity index (χ1n) is 8.83. The van der Waals surface area contributed by atoms with Crippen LogP contribution in [0.2, 0.25) is 0 Å². The van der Waals surface area contributed by atoms with E-state index < -0.39 is 0 Å². The second kappa shape index (κ2) is 7.77. The number of esters is 1. The van der Waals surface area contributed by atoms with Crippen molar-refractivity contribution in [3.05, 3.63) is 60.6 Å². The van der Waals surface area contributed by atoms with E-state index in [2.05, 4.69) is 20.4 Å². The monoisotopic (exact) mass is 393 g/mol. The van der Waals surface area contributed by atoms with Gasteiger partial charge in [0.05, 0.1) is 24.9 Å². The minimum Gasteiger partial charge on any atom is -0.469 e. The van der Waals surface area contributed by atoms with E-state index in [1.54, 1.807) is 16.9 Å². The van der Waals surface area contributed by atoms with Crippen LogP contribution in [-0.4, -0.2) is 32.7 Å². The van der Waals surface area contributed by atoms with E-state index in [9.17, 15) is 4.79 Å². The van der Waals surface area contributed by atoms with Crippen molar-refractivity contribution in [3.63, 3.8) is 0 Å². The van der Waals surface area contributed by atoms with Crippen LogP contribution < -0.4 is 5.32 Å². The molecule has 3 heterocycles. The molecule has 0 saturated carbocycles. The highest BCUT2D eigenvalue weighted by Gasteiger charge is 2.14. The number of anilines is 2.